The molecule has 0 radical (unpaired) electrons. The van der Waals surface area contributed by atoms with Gasteiger partial charge in [0.15, 0.2) is 0 Å². The fraction of sp³-hybridized carbons (Fsp3) is 0.0769. The molecule has 3 rings (SSSR count). The van der Waals surface area contributed by atoms with Gasteiger partial charge < -0.3 is 10.5 Å². The first-order valence-electron chi connectivity index (χ1n) is 5.51. The van der Waals surface area contributed by atoms with Crippen LogP contribution in [0.5, 0.6) is 5.88 Å². The summed E-state index contributed by atoms with van der Waals surface area (Å²) in [7, 11) is 1.59. The minimum atomic E-state index is 0.556. The Bertz CT molecular complexity index is 705. The molecular formula is C13H12N4O. The number of hydrogen-bond donors (Lipinski definition) is 1. The van der Waals surface area contributed by atoms with Gasteiger partial charge in [0.25, 0.3) is 0 Å². The van der Waals surface area contributed by atoms with Crippen LogP contribution in [0.25, 0.3) is 16.6 Å². The second kappa shape index (κ2) is 4.03. The highest BCUT2D eigenvalue weighted by molar-refractivity contribution is 5.83. The summed E-state index contributed by atoms with van der Waals surface area (Å²) in [6.07, 6.45) is 3.50. The average molecular weight is 240 g/mol. The van der Waals surface area contributed by atoms with Gasteiger partial charge in [0.2, 0.25) is 5.88 Å². The predicted molar refractivity (Wildman–Crippen MR) is 69.8 cm³/mol. The zero-order chi connectivity index (χ0) is 12.5. The number of nitrogen functional groups attached to an aromatic ring is 1. The van der Waals surface area contributed by atoms with E-state index in [1.54, 1.807) is 13.3 Å². The average Bonchev–Trinajstić information content (AvgIpc) is 2.81. The number of nitrogens with zero attached hydrogens (tertiary/aromatic N) is 3. The molecule has 5 heteroatoms. The van der Waals surface area contributed by atoms with E-state index in [1.165, 1.54) is 0 Å². The highest BCUT2D eigenvalue weighted by atomic mass is 16.5. The van der Waals surface area contributed by atoms with E-state index in [0.717, 1.165) is 16.6 Å². The fourth-order valence-corrected chi connectivity index (χ4v) is 1.88. The lowest BCUT2D eigenvalue weighted by atomic mass is 10.2. The molecular weight excluding hydrogens is 228 g/mol. The van der Waals surface area contributed by atoms with Gasteiger partial charge in [-0.1, -0.05) is 0 Å². The molecule has 3 aromatic rings. The maximum Gasteiger partial charge on any atom is 0.215 e. The van der Waals surface area contributed by atoms with Gasteiger partial charge in [-0.3, -0.25) is 0 Å². The SMILES string of the molecule is COc1cc(-n2ncc3ccc(N)cc32)ccn1. The Morgan fingerprint density at radius 3 is 2.94 bits per heavy atom. The normalized spacial score (nSPS) is 10.7. The van der Waals surface area contributed by atoms with Crippen molar-refractivity contribution in [1.82, 2.24) is 14.8 Å². The number of ether oxygens (including phenoxy) is 1. The van der Waals surface area contributed by atoms with E-state index in [1.807, 2.05) is 41.2 Å². The van der Waals surface area contributed by atoms with Crippen molar-refractivity contribution in [3.05, 3.63) is 42.7 Å². The van der Waals surface area contributed by atoms with Crippen LogP contribution in [-0.4, -0.2) is 21.9 Å². The minimum Gasteiger partial charge on any atom is -0.481 e. The van der Waals surface area contributed by atoms with Gasteiger partial charge in [0.05, 0.1) is 24.5 Å². The maximum absolute atomic E-state index is 5.81. The first-order valence-corrected chi connectivity index (χ1v) is 5.51. The predicted octanol–water partition coefficient (Wildman–Crippen LogP) is 2.01. The van der Waals surface area contributed by atoms with Gasteiger partial charge in [-0.05, 0) is 24.3 Å². The minimum absolute atomic E-state index is 0.556. The van der Waals surface area contributed by atoms with Crippen molar-refractivity contribution >= 4 is 16.6 Å². The van der Waals surface area contributed by atoms with Gasteiger partial charge in [-0.2, -0.15) is 5.10 Å². The second-order valence-electron chi connectivity index (χ2n) is 3.93. The van der Waals surface area contributed by atoms with Crippen LogP contribution in [0.1, 0.15) is 0 Å². The Morgan fingerprint density at radius 2 is 2.11 bits per heavy atom. The van der Waals surface area contributed by atoms with Crippen LogP contribution in [0.15, 0.2) is 42.7 Å². The zero-order valence-corrected chi connectivity index (χ0v) is 9.87. The van der Waals surface area contributed by atoms with Crippen molar-refractivity contribution in [2.45, 2.75) is 0 Å². The van der Waals surface area contributed by atoms with E-state index < -0.39 is 0 Å². The number of rotatable bonds is 2. The van der Waals surface area contributed by atoms with E-state index in [9.17, 15) is 0 Å². The van der Waals surface area contributed by atoms with Gasteiger partial charge in [-0.15, -0.1) is 0 Å². The Hall–Kier alpha value is -2.56. The number of anilines is 1. The molecule has 2 aromatic heterocycles. The Morgan fingerprint density at radius 1 is 1.22 bits per heavy atom. The van der Waals surface area contributed by atoms with Crippen LogP contribution < -0.4 is 10.5 Å². The molecule has 18 heavy (non-hydrogen) atoms. The lowest BCUT2D eigenvalue weighted by Gasteiger charge is -2.05. The summed E-state index contributed by atoms with van der Waals surface area (Å²) < 4.78 is 6.93. The van der Waals surface area contributed by atoms with E-state index in [-0.39, 0.29) is 0 Å². The first-order chi connectivity index (χ1) is 8.78. The van der Waals surface area contributed by atoms with Crippen molar-refractivity contribution < 1.29 is 4.74 Å². The van der Waals surface area contributed by atoms with Gasteiger partial charge in [0, 0.05) is 23.3 Å². The summed E-state index contributed by atoms with van der Waals surface area (Å²) in [4.78, 5) is 4.08. The molecule has 2 heterocycles. The van der Waals surface area contributed by atoms with Crippen molar-refractivity contribution in [2.24, 2.45) is 0 Å². The third-order valence-corrected chi connectivity index (χ3v) is 2.77. The van der Waals surface area contributed by atoms with E-state index in [2.05, 4.69) is 10.1 Å². The van der Waals surface area contributed by atoms with Gasteiger partial charge >= 0.3 is 0 Å². The number of aromatic nitrogens is 3. The molecule has 0 bridgehead atoms. The third kappa shape index (κ3) is 1.66. The fourth-order valence-electron chi connectivity index (χ4n) is 1.88. The van der Waals surface area contributed by atoms with Gasteiger partial charge in [-0.25, -0.2) is 9.67 Å². The van der Waals surface area contributed by atoms with Crippen LogP contribution in [0.2, 0.25) is 0 Å². The van der Waals surface area contributed by atoms with Crippen LogP contribution in [-0.2, 0) is 0 Å². The van der Waals surface area contributed by atoms with Gasteiger partial charge in [0.1, 0.15) is 0 Å². The van der Waals surface area contributed by atoms with Crippen molar-refractivity contribution in [1.29, 1.82) is 0 Å². The number of hydrogen-bond acceptors (Lipinski definition) is 4. The molecule has 0 fully saturated rings. The summed E-state index contributed by atoms with van der Waals surface area (Å²) in [5.74, 6) is 0.556. The van der Waals surface area contributed by atoms with E-state index in [4.69, 9.17) is 10.5 Å². The Balaban J connectivity index is 2.21. The smallest absolute Gasteiger partial charge is 0.215 e. The molecule has 2 N–H and O–H groups in total. The molecule has 1 aromatic carbocycles. The summed E-state index contributed by atoms with van der Waals surface area (Å²) in [6.45, 7) is 0. The highest BCUT2D eigenvalue weighted by Gasteiger charge is 2.06. The number of fused-ring (bicyclic) bond motifs is 1. The number of benzene rings is 1. The molecule has 90 valence electrons. The van der Waals surface area contributed by atoms with Crippen molar-refractivity contribution in [2.75, 3.05) is 12.8 Å². The molecule has 0 saturated heterocycles. The van der Waals surface area contributed by atoms with Crippen LogP contribution >= 0.6 is 0 Å². The summed E-state index contributed by atoms with van der Waals surface area (Å²) in [5, 5.41) is 5.40. The molecule has 0 aliphatic carbocycles. The number of pyridine rings is 1. The first kappa shape index (κ1) is 10.6. The topological polar surface area (TPSA) is 66.0 Å². The molecule has 0 amide bonds. The van der Waals surface area contributed by atoms with Crippen LogP contribution in [0.3, 0.4) is 0 Å². The molecule has 0 aliphatic rings. The summed E-state index contributed by atoms with van der Waals surface area (Å²) in [6, 6.07) is 9.41. The van der Waals surface area contributed by atoms with E-state index in [0.29, 0.717) is 11.6 Å². The molecule has 0 spiro atoms. The molecule has 0 unspecified atom stereocenters. The Labute approximate surface area is 104 Å². The quantitative estimate of drug-likeness (QED) is 0.696. The monoisotopic (exact) mass is 240 g/mol. The molecule has 0 atom stereocenters. The molecule has 0 aliphatic heterocycles. The van der Waals surface area contributed by atoms with Crippen LogP contribution in [0.4, 0.5) is 5.69 Å². The summed E-state index contributed by atoms with van der Waals surface area (Å²) >= 11 is 0. The maximum atomic E-state index is 5.81. The van der Waals surface area contributed by atoms with E-state index >= 15 is 0 Å². The third-order valence-electron chi connectivity index (χ3n) is 2.77. The van der Waals surface area contributed by atoms with Crippen molar-refractivity contribution in [3.8, 4) is 11.6 Å². The standard InChI is InChI=1S/C13H12N4O/c1-18-13-7-11(4-5-15-13)17-12-6-10(14)3-2-9(12)8-16-17/h2-8H,14H2,1H3. The number of nitrogens with two attached hydrogens (primary N) is 1. The lowest BCUT2D eigenvalue weighted by molar-refractivity contribution is 0.397. The van der Waals surface area contributed by atoms with Crippen LogP contribution in [0, 0.1) is 0 Å². The number of methoxy groups -OCH3 is 1. The second-order valence-corrected chi connectivity index (χ2v) is 3.93. The van der Waals surface area contributed by atoms with Crippen molar-refractivity contribution in [3.63, 3.8) is 0 Å². The molecule has 0 saturated carbocycles. The zero-order valence-electron chi connectivity index (χ0n) is 9.87. The lowest BCUT2D eigenvalue weighted by Crippen LogP contribution is -1.98. The molecule has 5 nitrogen and oxygen atoms in total. The highest BCUT2D eigenvalue weighted by Crippen LogP contribution is 2.21. The Kier molecular flexibility index (Phi) is 2.37. The summed E-state index contributed by atoms with van der Waals surface area (Å²) in [5.41, 5.74) is 8.37. The largest absolute Gasteiger partial charge is 0.481 e.